The third kappa shape index (κ3) is 2.39. The highest BCUT2D eigenvalue weighted by molar-refractivity contribution is 7.86. The largest absolute Gasteiger partial charge is 0.314 e. The van der Waals surface area contributed by atoms with Crippen LogP contribution in [0.5, 0.6) is 0 Å². The fourth-order valence-corrected chi connectivity index (χ4v) is 3.45. The van der Waals surface area contributed by atoms with E-state index in [2.05, 4.69) is 5.32 Å². The van der Waals surface area contributed by atoms with E-state index in [1.165, 1.54) is 0 Å². The van der Waals surface area contributed by atoms with Gasteiger partial charge in [0.15, 0.2) is 0 Å². The predicted molar refractivity (Wildman–Crippen MR) is 58.7 cm³/mol. The van der Waals surface area contributed by atoms with Crippen LogP contribution in [0.4, 0.5) is 0 Å². The minimum Gasteiger partial charge on any atom is -0.314 e. The first-order chi connectivity index (χ1) is 7.21. The van der Waals surface area contributed by atoms with Crippen molar-refractivity contribution in [3.63, 3.8) is 0 Å². The summed E-state index contributed by atoms with van der Waals surface area (Å²) in [7, 11) is -3.21. The van der Waals surface area contributed by atoms with Gasteiger partial charge in [-0.1, -0.05) is 12.2 Å². The second kappa shape index (κ2) is 4.61. The lowest BCUT2D eigenvalue weighted by molar-refractivity contribution is 0.318. The summed E-state index contributed by atoms with van der Waals surface area (Å²) >= 11 is 0. The van der Waals surface area contributed by atoms with Crippen molar-refractivity contribution in [2.45, 2.75) is 6.42 Å². The van der Waals surface area contributed by atoms with Crippen LogP contribution in [0.3, 0.4) is 0 Å². The molecule has 5 nitrogen and oxygen atoms in total. The normalized spacial score (nSPS) is 25.6. The second-order valence-corrected chi connectivity index (χ2v) is 5.70. The van der Waals surface area contributed by atoms with Crippen LogP contribution in [-0.4, -0.2) is 56.3 Å². The molecule has 0 spiro atoms. The van der Waals surface area contributed by atoms with Gasteiger partial charge in [0.2, 0.25) is 0 Å². The van der Waals surface area contributed by atoms with Crippen LogP contribution in [0.25, 0.3) is 0 Å². The number of piperazine rings is 1. The third-order valence-electron chi connectivity index (χ3n) is 2.75. The summed E-state index contributed by atoms with van der Waals surface area (Å²) in [5.74, 6) is 0. The SMILES string of the molecule is O=S(=O)(N1CC=CCC1)N1CCNCC1. The molecule has 0 unspecified atom stereocenters. The Kier molecular flexibility index (Phi) is 3.40. The summed E-state index contributed by atoms with van der Waals surface area (Å²) < 4.78 is 27.4. The molecule has 0 aromatic heterocycles. The highest BCUT2D eigenvalue weighted by Crippen LogP contribution is 2.12. The van der Waals surface area contributed by atoms with E-state index >= 15 is 0 Å². The van der Waals surface area contributed by atoms with E-state index in [9.17, 15) is 8.42 Å². The first-order valence-corrected chi connectivity index (χ1v) is 6.72. The van der Waals surface area contributed by atoms with E-state index < -0.39 is 10.2 Å². The van der Waals surface area contributed by atoms with Crippen molar-refractivity contribution in [2.75, 3.05) is 39.3 Å². The van der Waals surface area contributed by atoms with Gasteiger partial charge in [-0.3, -0.25) is 0 Å². The Bertz CT molecular complexity index is 333. The monoisotopic (exact) mass is 231 g/mol. The van der Waals surface area contributed by atoms with Crippen molar-refractivity contribution in [1.29, 1.82) is 0 Å². The summed E-state index contributed by atoms with van der Waals surface area (Å²) in [6.45, 7) is 3.81. The average molecular weight is 231 g/mol. The van der Waals surface area contributed by atoms with Gasteiger partial charge in [-0.2, -0.15) is 17.0 Å². The maximum atomic E-state index is 12.1. The van der Waals surface area contributed by atoms with E-state index in [0.29, 0.717) is 26.2 Å². The molecule has 2 heterocycles. The zero-order valence-electron chi connectivity index (χ0n) is 8.72. The average Bonchev–Trinajstić information content (AvgIpc) is 2.31. The van der Waals surface area contributed by atoms with Crippen LogP contribution < -0.4 is 5.32 Å². The molecule has 1 N–H and O–H groups in total. The first kappa shape index (κ1) is 11.1. The van der Waals surface area contributed by atoms with Gasteiger partial charge < -0.3 is 5.32 Å². The minimum absolute atomic E-state index is 0.520. The van der Waals surface area contributed by atoms with Gasteiger partial charge in [0, 0.05) is 39.3 Å². The summed E-state index contributed by atoms with van der Waals surface area (Å²) in [6.07, 6.45) is 4.78. The molecule has 0 bridgehead atoms. The van der Waals surface area contributed by atoms with Crippen molar-refractivity contribution < 1.29 is 8.42 Å². The van der Waals surface area contributed by atoms with E-state index in [4.69, 9.17) is 0 Å². The lowest BCUT2D eigenvalue weighted by Crippen LogP contribution is -2.52. The molecule has 1 saturated heterocycles. The molecule has 15 heavy (non-hydrogen) atoms. The molecule has 0 radical (unpaired) electrons. The van der Waals surface area contributed by atoms with E-state index in [1.807, 2.05) is 12.2 Å². The van der Waals surface area contributed by atoms with Gasteiger partial charge in [0.1, 0.15) is 0 Å². The van der Waals surface area contributed by atoms with Crippen molar-refractivity contribution in [2.24, 2.45) is 0 Å². The Morgan fingerprint density at radius 3 is 2.33 bits per heavy atom. The molecule has 0 amide bonds. The Hall–Kier alpha value is -0.430. The molecule has 1 fully saturated rings. The standard InChI is InChI=1S/C9H17N3O2S/c13-15(14,11-6-2-1-3-7-11)12-8-4-10-5-9-12/h1-2,10H,3-9H2. The zero-order chi connectivity index (χ0) is 10.7. The molecule has 0 aromatic carbocycles. The maximum absolute atomic E-state index is 12.1. The molecule has 0 aromatic rings. The Balaban J connectivity index is 2.07. The summed E-state index contributed by atoms with van der Waals surface area (Å²) in [5.41, 5.74) is 0. The molecule has 0 atom stereocenters. The fraction of sp³-hybridized carbons (Fsp3) is 0.778. The Morgan fingerprint density at radius 2 is 1.73 bits per heavy atom. The Morgan fingerprint density at radius 1 is 1.00 bits per heavy atom. The smallest absolute Gasteiger partial charge is 0.282 e. The van der Waals surface area contributed by atoms with Crippen molar-refractivity contribution >= 4 is 10.2 Å². The van der Waals surface area contributed by atoms with Crippen LogP contribution in [-0.2, 0) is 10.2 Å². The molecule has 0 aliphatic carbocycles. The van der Waals surface area contributed by atoms with Crippen LogP contribution in [0.2, 0.25) is 0 Å². The van der Waals surface area contributed by atoms with Crippen molar-refractivity contribution in [1.82, 2.24) is 13.9 Å². The van der Waals surface area contributed by atoms with Gasteiger partial charge in [-0.25, -0.2) is 0 Å². The molecule has 86 valence electrons. The molecule has 0 saturated carbocycles. The number of rotatable bonds is 2. The van der Waals surface area contributed by atoms with Gasteiger partial charge in [-0.15, -0.1) is 0 Å². The van der Waals surface area contributed by atoms with E-state index in [-0.39, 0.29) is 0 Å². The van der Waals surface area contributed by atoms with Gasteiger partial charge in [0.05, 0.1) is 0 Å². The lowest BCUT2D eigenvalue weighted by Gasteiger charge is -2.32. The second-order valence-electron chi connectivity index (χ2n) is 3.77. The Labute approximate surface area is 90.9 Å². The lowest BCUT2D eigenvalue weighted by atomic mass is 10.3. The van der Waals surface area contributed by atoms with Gasteiger partial charge in [-0.05, 0) is 6.42 Å². The number of hydrogen-bond donors (Lipinski definition) is 1. The van der Waals surface area contributed by atoms with Crippen LogP contribution >= 0.6 is 0 Å². The topological polar surface area (TPSA) is 52.7 Å². The van der Waals surface area contributed by atoms with Gasteiger partial charge >= 0.3 is 0 Å². The summed E-state index contributed by atoms with van der Waals surface area (Å²) in [6, 6.07) is 0. The van der Waals surface area contributed by atoms with E-state index in [1.54, 1.807) is 8.61 Å². The highest BCUT2D eigenvalue weighted by atomic mass is 32.2. The molecule has 2 rings (SSSR count). The molecular weight excluding hydrogens is 214 g/mol. The maximum Gasteiger partial charge on any atom is 0.282 e. The molecular formula is C9H17N3O2S. The highest BCUT2D eigenvalue weighted by Gasteiger charge is 2.30. The predicted octanol–water partition coefficient (Wildman–Crippen LogP) is -0.602. The van der Waals surface area contributed by atoms with Crippen molar-refractivity contribution in [3.8, 4) is 0 Å². The summed E-state index contributed by atoms with van der Waals surface area (Å²) in [5, 5.41) is 3.15. The molecule has 2 aliphatic rings. The number of hydrogen-bond acceptors (Lipinski definition) is 3. The third-order valence-corrected chi connectivity index (χ3v) is 4.75. The molecule has 6 heteroatoms. The summed E-state index contributed by atoms with van der Waals surface area (Å²) in [4.78, 5) is 0. The fourth-order valence-electron chi connectivity index (χ4n) is 1.87. The number of nitrogens with one attached hydrogen (secondary N) is 1. The van der Waals surface area contributed by atoms with E-state index in [0.717, 1.165) is 19.5 Å². The van der Waals surface area contributed by atoms with Crippen LogP contribution in [0.15, 0.2) is 12.2 Å². The molecule has 2 aliphatic heterocycles. The number of nitrogens with zero attached hydrogens (tertiary/aromatic N) is 2. The zero-order valence-corrected chi connectivity index (χ0v) is 9.54. The minimum atomic E-state index is -3.21. The van der Waals surface area contributed by atoms with Crippen LogP contribution in [0, 0.1) is 0 Å². The first-order valence-electron chi connectivity index (χ1n) is 5.32. The van der Waals surface area contributed by atoms with Crippen molar-refractivity contribution in [3.05, 3.63) is 12.2 Å². The van der Waals surface area contributed by atoms with Crippen LogP contribution in [0.1, 0.15) is 6.42 Å². The van der Waals surface area contributed by atoms with Gasteiger partial charge in [0.25, 0.3) is 10.2 Å². The quantitative estimate of drug-likeness (QED) is 0.646.